The lowest BCUT2D eigenvalue weighted by Crippen LogP contribution is -2.33. The van der Waals surface area contributed by atoms with E-state index in [4.69, 9.17) is 10.5 Å². The third-order valence-corrected chi connectivity index (χ3v) is 2.75. The van der Waals surface area contributed by atoms with Crippen molar-refractivity contribution in [3.63, 3.8) is 0 Å². The second-order valence-corrected chi connectivity index (χ2v) is 4.65. The lowest BCUT2D eigenvalue weighted by atomic mass is 10.4. The van der Waals surface area contributed by atoms with Gasteiger partial charge in [0.15, 0.2) is 6.61 Å². The predicted molar refractivity (Wildman–Crippen MR) is 63.3 cm³/mol. The van der Waals surface area contributed by atoms with E-state index in [0.717, 1.165) is 12.8 Å². The van der Waals surface area contributed by atoms with Crippen LogP contribution in [0.2, 0.25) is 0 Å². The highest BCUT2D eigenvalue weighted by Crippen LogP contribution is 2.31. The highest BCUT2D eigenvalue weighted by atomic mass is 19.3. The summed E-state index contributed by atoms with van der Waals surface area (Å²) >= 11 is 0. The summed E-state index contributed by atoms with van der Waals surface area (Å²) in [6.45, 7) is -1.02. The van der Waals surface area contributed by atoms with Crippen molar-refractivity contribution in [2.45, 2.75) is 25.2 Å². The van der Waals surface area contributed by atoms with E-state index in [-0.39, 0.29) is 17.4 Å². The van der Waals surface area contributed by atoms with Gasteiger partial charge < -0.3 is 15.2 Å². The lowest BCUT2D eigenvalue weighted by Gasteiger charge is -2.16. The Morgan fingerprint density at radius 3 is 2.60 bits per heavy atom. The quantitative estimate of drug-likeness (QED) is 0.786. The Labute approximate surface area is 112 Å². The van der Waals surface area contributed by atoms with Crippen LogP contribution >= 0.6 is 0 Å². The Balaban J connectivity index is 1.95. The Morgan fingerprint density at radius 2 is 2.00 bits per heavy atom. The number of rotatable bonds is 7. The number of nitrogens with zero attached hydrogens (tertiary/aromatic N) is 1. The SMILES string of the molecule is Nc1ccc(OCC(F)(F)C(F)F)nc1OCC1CC1. The zero-order valence-electron chi connectivity index (χ0n) is 10.5. The standard InChI is InChI=1S/C12H14F4N2O2/c13-11(14)12(15,16)6-20-9-4-3-8(17)10(18-9)19-5-7-1-2-7/h3-4,7,11H,1-2,5-6,17H2. The molecule has 1 heterocycles. The van der Waals surface area contributed by atoms with Crippen LogP contribution in [0.1, 0.15) is 12.8 Å². The van der Waals surface area contributed by atoms with Crippen LogP contribution in [0, 0.1) is 5.92 Å². The highest BCUT2D eigenvalue weighted by molar-refractivity contribution is 5.49. The van der Waals surface area contributed by atoms with Gasteiger partial charge in [-0.15, -0.1) is 0 Å². The first-order valence-electron chi connectivity index (χ1n) is 6.06. The summed E-state index contributed by atoms with van der Waals surface area (Å²) in [6.07, 6.45) is -1.66. The number of aromatic nitrogens is 1. The maximum absolute atomic E-state index is 12.7. The second-order valence-electron chi connectivity index (χ2n) is 4.65. The molecule has 4 nitrogen and oxygen atoms in total. The van der Waals surface area contributed by atoms with Crippen LogP contribution < -0.4 is 15.2 Å². The largest absolute Gasteiger partial charge is 0.476 e. The van der Waals surface area contributed by atoms with Crippen LogP contribution in [0.15, 0.2) is 12.1 Å². The minimum absolute atomic E-state index is 0.0646. The summed E-state index contributed by atoms with van der Waals surface area (Å²) in [5.74, 6) is -3.93. The molecule has 1 aromatic rings. The molecule has 112 valence electrons. The number of anilines is 1. The van der Waals surface area contributed by atoms with E-state index in [1.165, 1.54) is 12.1 Å². The third kappa shape index (κ3) is 3.88. The molecule has 0 aliphatic heterocycles. The molecule has 0 radical (unpaired) electrons. The molecule has 1 aliphatic rings. The number of ether oxygens (including phenoxy) is 2. The van der Waals surface area contributed by atoms with E-state index < -0.39 is 19.0 Å². The molecular weight excluding hydrogens is 280 g/mol. The predicted octanol–water partition coefficient (Wildman–Crippen LogP) is 2.73. The van der Waals surface area contributed by atoms with Crippen LogP contribution in [0.5, 0.6) is 11.8 Å². The summed E-state index contributed by atoms with van der Waals surface area (Å²) in [7, 11) is 0. The van der Waals surface area contributed by atoms with Gasteiger partial charge in [0.1, 0.15) is 0 Å². The second kappa shape index (κ2) is 5.72. The fourth-order valence-electron chi connectivity index (χ4n) is 1.34. The first-order valence-corrected chi connectivity index (χ1v) is 6.06. The smallest absolute Gasteiger partial charge is 0.340 e. The van der Waals surface area contributed by atoms with E-state index in [9.17, 15) is 17.6 Å². The molecule has 8 heteroatoms. The monoisotopic (exact) mass is 294 g/mol. The Morgan fingerprint density at radius 1 is 1.30 bits per heavy atom. The number of nitrogens with two attached hydrogens (primary N) is 1. The van der Waals surface area contributed by atoms with Gasteiger partial charge in [-0.3, -0.25) is 0 Å². The van der Waals surface area contributed by atoms with Crippen LogP contribution in [0.4, 0.5) is 23.2 Å². The van der Waals surface area contributed by atoms with Crippen LogP contribution in [0.3, 0.4) is 0 Å². The van der Waals surface area contributed by atoms with Crippen LogP contribution in [0.25, 0.3) is 0 Å². The summed E-state index contributed by atoms with van der Waals surface area (Å²) in [4.78, 5) is 3.79. The number of hydrogen-bond donors (Lipinski definition) is 1. The molecule has 0 amide bonds. The van der Waals surface area contributed by atoms with Crippen molar-refractivity contribution in [3.05, 3.63) is 12.1 Å². The fourth-order valence-corrected chi connectivity index (χ4v) is 1.34. The van der Waals surface area contributed by atoms with Crippen molar-refractivity contribution < 1.29 is 27.0 Å². The summed E-state index contributed by atoms with van der Waals surface area (Å²) in [6, 6.07) is 2.59. The van der Waals surface area contributed by atoms with Gasteiger partial charge in [0.2, 0.25) is 11.8 Å². The van der Waals surface area contributed by atoms with Crippen molar-refractivity contribution in [2.75, 3.05) is 18.9 Å². The van der Waals surface area contributed by atoms with E-state index in [2.05, 4.69) is 9.72 Å². The van der Waals surface area contributed by atoms with Crippen molar-refractivity contribution in [3.8, 4) is 11.8 Å². The topological polar surface area (TPSA) is 57.4 Å². The Hall–Kier alpha value is -1.73. The first-order chi connectivity index (χ1) is 9.38. The minimum atomic E-state index is -4.22. The summed E-state index contributed by atoms with van der Waals surface area (Å²) in [5, 5.41) is 0. The average Bonchev–Trinajstić information content (AvgIpc) is 3.20. The molecular formula is C12H14F4N2O2. The van der Waals surface area contributed by atoms with E-state index in [0.29, 0.717) is 12.5 Å². The molecule has 0 unspecified atom stereocenters. The maximum Gasteiger partial charge on any atom is 0.340 e. The molecule has 0 aromatic carbocycles. The lowest BCUT2D eigenvalue weighted by molar-refractivity contribution is -0.148. The molecule has 2 N–H and O–H groups in total. The number of alkyl halides is 4. The van der Waals surface area contributed by atoms with E-state index >= 15 is 0 Å². The van der Waals surface area contributed by atoms with Crippen molar-refractivity contribution in [1.29, 1.82) is 0 Å². The Kier molecular flexibility index (Phi) is 4.20. The summed E-state index contributed by atoms with van der Waals surface area (Å²) < 4.78 is 59.3. The third-order valence-electron chi connectivity index (χ3n) is 2.75. The molecule has 0 atom stereocenters. The normalized spacial score (nSPS) is 15.4. The molecule has 0 spiro atoms. The van der Waals surface area contributed by atoms with Gasteiger partial charge in [-0.1, -0.05) is 0 Å². The first kappa shape index (κ1) is 14.7. The zero-order valence-corrected chi connectivity index (χ0v) is 10.5. The van der Waals surface area contributed by atoms with Gasteiger partial charge in [-0.2, -0.15) is 13.8 Å². The van der Waals surface area contributed by atoms with E-state index in [1.54, 1.807) is 0 Å². The van der Waals surface area contributed by atoms with Gasteiger partial charge in [0.25, 0.3) is 0 Å². The maximum atomic E-state index is 12.7. The number of pyridine rings is 1. The summed E-state index contributed by atoms with van der Waals surface area (Å²) in [5.41, 5.74) is 5.85. The van der Waals surface area contributed by atoms with Gasteiger partial charge in [0, 0.05) is 6.07 Å². The minimum Gasteiger partial charge on any atom is -0.476 e. The van der Waals surface area contributed by atoms with Crippen molar-refractivity contribution >= 4 is 5.69 Å². The number of halogens is 4. The van der Waals surface area contributed by atoms with Gasteiger partial charge >= 0.3 is 12.3 Å². The molecule has 1 aromatic heterocycles. The highest BCUT2D eigenvalue weighted by Gasteiger charge is 2.41. The molecule has 2 rings (SSSR count). The number of hydrogen-bond acceptors (Lipinski definition) is 4. The van der Waals surface area contributed by atoms with Gasteiger partial charge in [-0.25, -0.2) is 8.78 Å². The van der Waals surface area contributed by atoms with Gasteiger partial charge in [-0.05, 0) is 24.8 Å². The Bertz CT molecular complexity index is 467. The van der Waals surface area contributed by atoms with Crippen LogP contribution in [-0.2, 0) is 0 Å². The van der Waals surface area contributed by atoms with E-state index in [1.807, 2.05) is 0 Å². The van der Waals surface area contributed by atoms with Crippen molar-refractivity contribution in [2.24, 2.45) is 5.92 Å². The van der Waals surface area contributed by atoms with Crippen LogP contribution in [-0.4, -0.2) is 30.5 Å². The molecule has 1 saturated carbocycles. The number of nitrogen functional groups attached to an aromatic ring is 1. The average molecular weight is 294 g/mol. The van der Waals surface area contributed by atoms with Crippen molar-refractivity contribution in [1.82, 2.24) is 4.98 Å². The van der Waals surface area contributed by atoms with Gasteiger partial charge in [0.05, 0.1) is 12.3 Å². The molecule has 20 heavy (non-hydrogen) atoms. The molecule has 0 saturated heterocycles. The molecule has 0 bridgehead atoms. The molecule has 1 fully saturated rings. The fraction of sp³-hybridized carbons (Fsp3) is 0.583. The molecule has 1 aliphatic carbocycles. The zero-order chi connectivity index (χ0) is 14.8.